The van der Waals surface area contributed by atoms with E-state index in [1.54, 1.807) is 32.2 Å². The molecule has 1 amide bonds. The molecule has 2 N–H and O–H groups in total. The lowest BCUT2D eigenvalue weighted by atomic mass is 10.2. The fourth-order valence-electron chi connectivity index (χ4n) is 1.96. The Kier molecular flexibility index (Phi) is 3.66. The first-order valence-corrected chi connectivity index (χ1v) is 6.59. The number of amides is 1. The van der Waals surface area contributed by atoms with Crippen LogP contribution in [0.3, 0.4) is 0 Å². The number of nitrogens with zero attached hydrogens (tertiary/aromatic N) is 1. The number of nitrogens with two attached hydrogens (primary N) is 1. The van der Waals surface area contributed by atoms with Gasteiger partial charge in [0.05, 0.1) is 16.9 Å². The number of halogens is 1. The molecule has 19 heavy (non-hydrogen) atoms. The van der Waals surface area contributed by atoms with Gasteiger partial charge in [-0.2, -0.15) is 0 Å². The van der Waals surface area contributed by atoms with Crippen molar-refractivity contribution in [3.05, 3.63) is 45.8 Å². The third-order valence-electron chi connectivity index (χ3n) is 2.93. The fourth-order valence-corrected chi connectivity index (χ4v) is 2.34. The van der Waals surface area contributed by atoms with Gasteiger partial charge in [0.25, 0.3) is 5.91 Å². The second kappa shape index (κ2) is 5.09. The van der Waals surface area contributed by atoms with Crippen molar-refractivity contribution in [2.75, 3.05) is 17.7 Å². The Balaban J connectivity index is 2.36. The van der Waals surface area contributed by atoms with Gasteiger partial charge in [0.2, 0.25) is 0 Å². The van der Waals surface area contributed by atoms with Crippen LogP contribution in [-0.4, -0.2) is 13.0 Å². The molecule has 0 radical (unpaired) electrons. The van der Waals surface area contributed by atoms with Crippen molar-refractivity contribution in [2.24, 2.45) is 0 Å². The summed E-state index contributed by atoms with van der Waals surface area (Å²) in [6.07, 6.45) is 0. The molecular weight excluding hydrogens is 308 g/mol. The molecule has 0 aliphatic rings. The van der Waals surface area contributed by atoms with Crippen LogP contribution in [0.2, 0.25) is 0 Å². The average Bonchev–Trinajstić information content (AvgIpc) is 2.67. The van der Waals surface area contributed by atoms with Gasteiger partial charge in [-0.1, -0.05) is 15.9 Å². The summed E-state index contributed by atoms with van der Waals surface area (Å²) in [4.78, 5) is 13.9. The molecule has 5 heteroatoms. The molecule has 0 fully saturated rings. The minimum absolute atomic E-state index is 0.136. The summed E-state index contributed by atoms with van der Waals surface area (Å²) in [5.41, 5.74) is 7.71. The van der Waals surface area contributed by atoms with E-state index in [1.807, 2.05) is 13.0 Å². The number of hydrogen-bond acceptors (Lipinski definition) is 3. The van der Waals surface area contributed by atoms with Gasteiger partial charge in [-0.05, 0) is 38.1 Å². The van der Waals surface area contributed by atoms with Gasteiger partial charge in [0.1, 0.15) is 11.5 Å². The van der Waals surface area contributed by atoms with Crippen LogP contribution >= 0.6 is 15.9 Å². The Morgan fingerprint density at radius 1 is 1.32 bits per heavy atom. The van der Waals surface area contributed by atoms with Crippen molar-refractivity contribution in [3.8, 4) is 0 Å². The predicted molar refractivity (Wildman–Crippen MR) is 79.5 cm³/mol. The lowest BCUT2D eigenvalue weighted by Crippen LogP contribution is -2.27. The molecule has 4 nitrogen and oxygen atoms in total. The molecule has 2 rings (SSSR count). The normalized spacial score (nSPS) is 10.5. The molecule has 0 spiro atoms. The first kappa shape index (κ1) is 13.7. The zero-order chi connectivity index (χ0) is 14.2. The third-order valence-corrected chi connectivity index (χ3v) is 3.42. The van der Waals surface area contributed by atoms with Gasteiger partial charge in [-0.15, -0.1) is 0 Å². The van der Waals surface area contributed by atoms with Gasteiger partial charge in [0, 0.05) is 11.5 Å². The quantitative estimate of drug-likeness (QED) is 0.860. The smallest absolute Gasteiger partial charge is 0.261 e. The highest BCUT2D eigenvalue weighted by Crippen LogP contribution is 2.27. The maximum absolute atomic E-state index is 12.4. The average molecular weight is 323 g/mol. The maximum atomic E-state index is 12.4. The van der Waals surface area contributed by atoms with Gasteiger partial charge in [-0.25, -0.2) is 0 Å². The summed E-state index contributed by atoms with van der Waals surface area (Å²) < 4.78 is 6.26. The van der Waals surface area contributed by atoms with Gasteiger partial charge in [0.15, 0.2) is 0 Å². The first-order chi connectivity index (χ1) is 8.90. The standard InChI is InChI=1S/C14H15BrN2O2/c1-8-6-11(9(2)19-8)14(18)17(3)13-5-4-10(15)7-12(13)16/h4-7H,16H2,1-3H3. The molecule has 0 saturated heterocycles. The van der Waals surface area contributed by atoms with Crippen LogP contribution in [0.5, 0.6) is 0 Å². The molecule has 0 atom stereocenters. The summed E-state index contributed by atoms with van der Waals surface area (Å²) in [6, 6.07) is 7.17. The molecule has 1 heterocycles. The summed E-state index contributed by atoms with van der Waals surface area (Å²) >= 11 is 3.34. The van der Waals surface area contributed by atoms with Crippen molar-refractivity contribution in [3.63, 3.8) is 0 Å². The van der Waals surface area contributed by atoms with Crippen LogP contribution in [0.4, 0.5) is 11.4 Å². The summed E-state index contributed by atoms with van der Waals surface area (Å²) in [5.74, 6) is 1.20. The van der Waals surface area contributed by atoms with Crippen molar-refractivity contribution in [1.82, 2.24) is 0 Å². The van der Waals surface area contributed by atoms with Crippen LogP contribution in [0.1, 0.15) is 21.9 Å². The number of anilines is 2. The van der Waals surface area contributed by atoms with E-state index in [9.17, 15) is 4.79 Å². The summed E-state index contributed by atoms with van der Waals surface area (Å²) in [7, 11) is 1.70. The SMILES string of the molecule is Cc1cc(C(=O)N(C)c2ccc(Br)cc2N)c(C)o1. The van der Waals surface area contributed by atoms with E-state index in [-0.39, 0.29) is 5.91 Å². The van der Waals surface area contributed by atoms with E-state index >= 15 is 0 Å². The van der Waals surface area contributed by atoms with Crippen LogP contribution in [0.15, 0.2) is 33.2 Å². The van der Waals surface area contributed by atoms with E-state index in [4.69, 9.17) is 10.2 Å². The Morgan fingerprint density at radius 3 is 2.53 bits per heavy atom. The van der Waals surface area contributed by atoms with E-state index in [0.717, 1.165) is 10.2 Å². The van der Waals surface area contributed by atoms with Crippen LogP contribution < -0.4 is 10.6 Å². The topological polar surface area (TPSA) is 59.5 Å². The molecule has 0 aliphatic heterocycles. The highest BCUT2D eigenvalue weighted by molar-refractivity contribution is 9.10. The number of nitrogen functional groups attached to an aromatic ring is 1. The minimum atomic E-state index is -0.136. The van der Waals surface area contributed by atoms with Crippen LogP contribution in [0.25, 0.3) is 0 Å². The second-order valence-corrected chi connectivity index (χ2v) is 5.31. The van der Waals surface area contributed by atoms with E-state index in [1.165, 1.54) is 4.90 Å². The molecule has 1 aromatic carbocycles. The highest BCUT2D eigenvalue weighted by Gasteiger charge is 2.20. The van der Waals surface area contributed by atoms with Crippen LogP contribution in [0, 0.1) is 13.8 Å². The molecule has 100 valence electrons. The number of carbonyl (C=O) groups is 1. The Labute approximate surface area is 120 Å². The van der Waals surface area contributed by atoms with E-state index < -0.39 is 0 Å². The van der Waals surface area contributed by atoms with Gasteiger partial charge >= 0.3 is 0 Å². The number of furan rings is 1. The van der Waals surface area contributed by atoms with Crippen molar-refractivity contribution in [2.45, 2.75) is 13.8 Å². The molecule has 0 bridgehead atoms. The highest BCUT2D eigenvalue weighted by atomic mass is 79.9. The maximum Gasteiger partial charge on any atom is 0.261 e. The Morgan fingerprint density at radius 2 is 2.00 bits per heavy atom. The molecule has 2 aromatic rings. The van der Waals surface area contributed by atoms with Crippen molar-refractivity contribution >= 4 is 33.2 Å². The first-order valence-electron chi connectivity index (χ1n) is 5.80. The third kappa shape index (κ3) is 2.66. The summed E-state index contributed by atoms with van der Waals surface area (Å²) in [6.45, 7) is 3.59. The minimum Gasteiger partial charge on any atom is -0.466 e. The second-order valence-electron chi connectivity index (χ2n) is 4.39. The molecular formula is C14H15BrN2O2. The van der Waals surface area contributed by atoms with Crippen molar-refractivity contribution in [1.29, 1.82) is 0 Å². The molecule has 0 saturated carbocycles. The molecule has 0 unspecified atom stereocenters. The largest absolute Gasteiger partial charge is 0.466 e. The number of carbonyl (C=O) groups excluding carboxylic acids is 1. The van der Waals surface area contributed by atoms with Gasteiger partial charge < -0.3 is 15.1 Å². The predicted octanol–water partition coefficient (Wildman–Crippen LogP) is 3.52. The zero-order valence-corrected chi connectivity index (χ0v) is 12.6. The number of rotatable bonds is 2. The fraction of sp³-hybridized carbons (Fsp3) is 0.214. The van der Waals surface area contributed by atoms with E-state index in [2.05, 4.69) is 15.9 Å². The van der Waals surface area contributed by atoms with Crippen LogP contribution in [-0.2, 0) is 0 Å². The monoisotopic (exact) mass is 322 g/mol. The summed E-state index contributed by atoms with van der Waals surface area (Å²) in [5, 5.41) is 0. The van der Waals surface area contributed by atoms with Crippen molar-refractivity contribution < 1.29 is 9.21 Å². The molecule has 0 aliphatic carbocycles. The molecule has 1 aromatic heterocycles. The Bertz CT molecular complexity index is 634. The van der Waals surface area contributed by atoms with Gasteiger partial charge in [-0.3, -0.25) is 4.79 Å². The lowest BCUT2D eigenvalue weighted by Gasteiger charge is -2.19. The number of hydrogen-bond donors (Lipinski definition) is 1. The van der Waals surface area contributed by atoms with E-state index in [0.29, 0.717) is 22.7 Å². The Hall–Kier alpha value is -1.75. The zero-order valence-electron chi connectivity index (χ0n) is 11.0. The number of aryl methyl sites for hydroxylation is 2. The number of benzene rings is 1. The lowest BCUT2D eigenvalue weighted by molar-refractivity contribution is 0.0991.